The molecule has 2 amide bonds. The van der Waals surface area contributed by atoms with Crippen molar-refractivity contribution in [1.29, 1.82) is 0 Å². The summed E-state index contributed by atoms with van der Waals surface area (Å²) in [6.45, 7) is 2.09. The van der Waals surface area contributed by atoms with Gasteiger partial charge in [-0.05, 0) is 50.5 Å². The zero-order chi connectivity index (χ0) is 16.8. The van der Waals surface area contributed by atoms with Gasteiger partial charge in [-0.15, -0.1) is 0 Å². The Labute approximate surface area is 139 Å². The van der Waals surface area contributed by atoms with E-state index in [9.17, 15) is 18.0 Å². The van der Waals surface area contributed by atoms with Crippen LogP contribution in [0.2, 0.25) is 5.02 Å². The maximum atomic E-state index is 12.5. The van der Waals surface area contributed by atoms with Gasteiger partial charge in [0.2, 0.25) is 5.91 Å². The smallest absolute Gasteiger partial charge is 0.264 e. The molecule has 1 aliphatic carbocycles. The molecule has 0 aromatic heterocycles. The molecule has 0 spiro atoms. The predicted octanol–water partition coefficient (Wildman–Crippen LogP) is 1.55. The molecule has 2 fully saturated rings. The van der Waals surface area contributed by atoms with Crippen LogP contribution in [0.15, 0.2) is 29.2 Å². The lowest BCUT2D eigenvalue weighted by atomic mass is 9.85. The van der Waals surface area contributed by atoms with Gasteiger partial charge in [0.25, 0.3) is 15.9 Å². The Morgan fingerprint density at radius 1 is 1.26 bits per heavy atom. The number of rotatable bonds is 4. The summed E-state index contributed by atoms with van der Waals surface area (Å²) >= 11 is 5.73. The van der Waals surface area contributed by atoms with Crippen LogP contribution in [0.1, 0.15) is 26.2 Å². The monoisotopic (exact) mass is 356 g/mol. The number of nitrogens with zero attached hydrogens (tertiary/aromatic N) is 1. The first-order valence-corrected chi connectivity index (χ1v) is 9.24. The molecule has 1 saturated carbocycles. The number of sulfonamides is 1. The number of hydrogen-bond donors (Lipinski definition) is 1. The summed E-state index contributed by atoms with van der Waals surface area (Å²) in [6, 6.07) is 5.53. The maximum absolute atomic E-state index is 12.5. The Hall–Kier alpha value is -1.60. The topological polar surface area (TPSA) is 83.6 Å². The standard InChI is InChI=1S/C15H17ClN2O4S/c1-15(8-9-18(15)13(19)10-2-3-10)14(20)17-23(21,22)12-6-4-11(16)5-7-12/h4-7,10H,2-3,8-9H2,1H3,(H,17,20). The quantitative estimate of drug-likeness (QED) is 0.887. The third-order valence-electron chi connectivity index (χ3n) is 4.45. The Morgan fingerprint density at radius 2 is 1.87 bits per heavy atom. The van der Waals surface area contributed by atoms with Crippen molar-refractivity contribution < 1.29 is 18.0 Å². The molecule has 1 N–H and O–H groups in total. The summed E-state index contributed by atoms with van der Waals surface area (Å²) in [6.07, 6.45) is 2.14. The fourth-order valence-corrected chi connectivity index (χ4v) is 3.81. The molecular weight excluding hydrogens is 340 g/mol. The van der Waals surface area contributed by atoms with Gasteiger partial charge in [0.1, 0.15) is 5.54 Å². The van der Waals surface area contributed by atoms with Gasteiger partial charge in [0.05, 0.1) is 4.90 Å². The van der Waals surface area contributed by atoms with Crippen LogP contribution < -0.4 is 4.72 Å². The third kappa shape index (κ3) is 2.95. The second kappa shape index (κ2) is 5.49. The summed E-state index contributed by atoms with van der Waals surface area (Å²) < 4.78 is 26.6. The highest BCUT2D eigenvalue weighted by Gasteiger charge is 2.52. The molecule has 0 radical (unpaired) electrons. The molecule has 2 aliphatic rings. The number of likely N-dealkylation sites (tertiary alicyclic amines) is 1. The van der Waals surface area contributed by atoms with E-state index in [1.54, 1.807) is 6.92 Å². The number of nitrogens with one attached hydrogen (secondary N) is 1. The highest BCUT2D eigenvalue weighted by molar-refractivity contribution is 7.90. The number of carbonyl (C=O) groups excluding carboxylic acids is 2. The van der Waals surface area contributed by atoms with Gasteiger partial charge in [-0.2, -0.15) is 0 Å². The number of carbonyl (C=O) groups is 2. The average molecular weight is 357 g/mol. The Morgan fingerprint density at radius 3 is 2.35 bits per heavy atom. The van der Waals surface area contributed by atoms with E-state index in [1.807, 2.05) is 0 Å². The summed E-state index contributed by atoms with van der Waals surface area (Å²) in [5, 5.41) is 0.405. The SMILES string of the molecule is CC1(C(=O)NS(=O)(=O)c2ccc(Cl)cc2)CCN1C(=O)C1CC1. The largest absolute Gasteiger partial charge is 0.328 e. The van der Waals surface area contributed by atoms with Crippen LogP contribution in [0.4, 0.5) is 0 Å². The summed E-state index contributed by atoms with van der Waals surface area (Å²) in [7, 11) is -3.99. The van der Waals surface area contributed by atoms with E-state index in [0.717, 1.165) is 12.8 Å². The van der Waals surface area contributed by atoms with E-state index in [-0.39, 0.29) is 16.7 Å². The van der Waals surface area contributed by atoms with Crippen molar-refractivity contribution in [3.63, 3.8) is 0 Å². The minimum atomic E-state index is -3.99. The van der Waals surface area contributed by atoms with Gasteiger partial charge in [-0.25, -0.2) is 13.1 Å². The molecule has 1 aromatic carbocycles. The highest BCUT2D eigenvalue weighted by Crippen LogP contribution is 2.38. The van der Waals surface area contributed by atoms with Crippen LogP contribution >= 0.6 is 11.6 Å². The fourth-order valence-electron chi connectivity index (χ4n) is 2.60. The van der Waals surface area contributed by atoms with Gasteiger partial charge in [-0.1, -0.05) is 11.6 Å². The first kappa shape index (κ1) is 16.3. The second-order valence-corrected chi connectivity index (χ2v) is 8.30. The van der Waals surface area contributed by atoms with Crippen molar-refractivity contribution in [1.82, 2.24) is 9.62 Å². The summed E-state index contributed by atoms with van der Waals surface area (Å²) in [4.78, 5) is 26.1. The zero-order valence-electron chi connectivity index (χ0n) is 12.6. The maximum Gasteiger partial charge on any atom is 0.264 e. The minimum Gasteiger partial charge on any atom is -0.328 e. The van der Waals surface area contributed by atoms with E-state index in [4.69, 9.17) is 11.6 Å². The second-order valence-electron chi connectivity index (χ2n) is 6.18. The number of amides is 2. The van der Waals surface area contributed by atoms with E-state index in [0.29, 0.717) is 18.0 Å². The first-order valence-electron chi connectivity index (χ1n) is 7.38. The first-order chi connectivity index (χ1) is 10.7. The molecule has 0 bridgehead atoms. The molecule has 124 valence electrons. The molecule has 1 saturated heterocycles. The predicted molar refractivity (Wildman–Crippen MR) is 84.2 cm³/mol. The molecule has 8 heteroatoms. The normalized spacial score (nSPS) is 24.0. The highest BCUT2D eigenvalue weighted by atomic mass is 35.5. The third-order valence-corrected chi connectivity index (χ3v) is 6.05. The molecule has 1 heterocycles. The lowest BCUT2D eigenvalue weighted by Crippen LogP contribution is -2.68. The van der Waals surface area contributed by atoms with Crippen molar-refractivity contribution in [2.24, 2.45) is 5.92 Å². The van der Waals surface area contributed by atoms with E-state index in [2.05, 4.69) is 4.72 Å². The lowest BCUT2D eigenvalue weighted by molar-refractivity contribution is -0.157. The van der Waals surface area contributed by atoms with Crippen LogP contribution in [0.3, 0.4) is 0 Å². The summed E-state index contributed by atoms with van der Waals surface area (Å²) in [5.74, 6) is -0.735. The number of hydrogen-bond acceptors (Lipinski definition) is 4. The Balaban J connectivity index is 1.75. The van der Waals surface area contributed by atoms with Gasteiger partial charge < -0.3 is 4.90 Å². The van der Waals surface area contributed by atoms with Crippen molar-refractivity contribution in [3.8, 4) is 0 Å². The Bertz CT molecular complexity index is 758. The van der Waals surface area contributed by atoms with Gasteiger partial charge in [0, 0.05) is 17.5 Å². The van der Waals surface area contributed by atoms with Crippen LogP contribution in [-0.2, 0) is 19.6 Å². The van der Waals surface area contributed by atoms with Crippen LogP contribution in [0, 0.1) is 5.92 Å². The molecular formula is C15H17ClN2O4S. The van der Waals surface area contributed by atoms with Gasteiger partial charge in [0.15, 0.2) is 0 Å². The van der Waals surface area contributed by atoms with Crippen LogP contribution in [0.5, 0.6) is 0 Å². The molecule has 3 rings (SSSR count). The number of benzene rings is 1. The Kier molecular flexibility index (Phi) is 3.88. The van der Waals surface area contributed by atoms with Crippen molar-refractivity contribution in [2.45, 2.75) is 36.6 Å². The van der Waals surface area contributed by atoms with Gasteiger partial charge >= 0.3 is 0 Å². The van der Waals surface area contributed by atoms with Crippen molar-refractivity contribution >= 4 is 33.4 Å². The van der Waals surface area contributed by atoms with Crippen LogP contribution in [0.25, 0.3) is 0 Å². The summed E-state index contributed by atoms with van der Waals surface area (Å²) in [5.41, 5.74) is -1.10. The molecule has 23 heavy (non-hydrogen) atoms. The van der Waals surface area contributed by atoms with E-state index < -0.39 is 21.5 Å². The van der Waals surface area contributed by atoms with E-state index >= 15 is 0 Å². The fraction of sp³-hybridized carbons (Fsp3) is 0.467. The van der Waals surface area contributed by atoms with Crippen molar-refractivity contribution in [3.05, 3.63) is 29.3 Å². The van der Waals surface area contributed by atoms with Crippen molar-refractivity contribution in [2.75, 3.05) is 6.54 Å². The zero-order valence-corrected chi connectivity index (χ0v) is 14.2. The molecule has 6 nitrogen and oxygen atoms in total. The van der Waals surface area contributed by atoms with Crippen LogP contribution in [-0.4, -0.2) is 37.2 Å². The minimum absolute atomic E-state index is 0.00435. The molecule has 1 aliphatic heterocycles. The molecule has 1 aromatic rings. The average Bonchev–Trinajstić information content (AvgIpc) is 3.29. The lowest BCUT2D eigenvalue weighted by Gasteiger charge is -2.49. The van der Waals surface area contributed by atoms with Gasteiger partial charge in [-0.3, -0.25) is 9.59 Å². The number of halogens is 1. The van der Waals surface area contributed by atoms with E-state index in [1.165, 1.54) is 29.2 Å². The molecule has 1 unspecified atom stereocenters. The molecule has 1 atom stereocenters.